The molecule has 28 valence electrons. The van der Waals surface area contributed by atoms with Gasteiger partial charge in [0.15, 0.2) is 0 Å². The van der Waals surface area contributed by atoms with Crippen LogP contribution in [0.5, 0.6) is 0 Å². The van der Waals surface area contributed by atoms with Gasteiger partial charge in [-0.1, -0.05) is 0 Å². The van der Waals surface area contributed by atoms with Gasteiger partial charge in [0, 0.05) is 6.21 Å². The molecule has 1 rings (SSSR count). The minimum Gasteiger partial charge on any atom is -1.00 e. The molecule has 0 bridgehead atoms. The van der Waals surface area contributed by atoms with E-state index < -0.39 is 0 Å². The molecular weight excluding hydrogens is 71.0 g/mol. The van der Waals surface area contributed by atoms with E-state index >= 15 is 0 Å². The van der Waals surface area contributed by atoms with Gasteiger partial charge in [-0.25, -0.2) is 4.99 Å². The Bertz CT molecular complexity index is 71.0. The number of rotatable bonds is 0. The molecule has 0 radical (unpaired) electrons. The first-order chi connectivity index (χ1) is 2.50. The number of hydrogen-bond acceptors (Lipinski definition) is 2. The molecule has 0 fully saturated rings. The summed E-state index contributed by atoms with van der Waals surface area (Å²) in [5.74, 6) is 0. The van der Waals surface area contributed by atoms with Crippen molar-refractivity contribution in [1.29, 1.82) is 0 Å². The second-order valence-electron chi connectivity index (χ2n) is 0.812. The van der Waals surface area contributed by atoms with E-state index in [9.17, 15) is 0 Å². The van der Waals surface area contributed by atoms with Gasteiger partial charge in [0.05, 0.1) is 6.54 Å². The fourth-order valence-electron chi connectivity index (χ4n) is 0.236. The van der Waals surface area contributed by atoms with Crippen LogP contribution >= 0.6 is 0 Å². The summed E-state index contributed by atoms with van der Waals surface area (Å²) in [6, 6.07) is 0. The van der Waals surface area contributed by atoms with E-state index in [-0.39, 0.29) is 20.3 Å². The number of hydrogen-bond donors (Lipinski definition) is 0. The van der Waals surface area contributed by atoms with Crippen molar-refractivity contribution in [2.45, 2.75) is 0 Å². The van der Waals surface area contributed by atoms with Crippen LogP contribution in [0.4, 0.5) is 0 Å². The third-order valence-electron chi connectivity index (χ3n) is 0.441. The molecular formula is C3H5LiN2. The van der Waals surface area contributed by atoms with Crippen molar-refractivity contribution in [1.82, 2.24) is 0 Å². The summed E-state index contributed by atoms with van der Waals surface area (Å²) in [5, 5.41) is 0. The van der Waals surface area contributed by atoms with Crippen molar-refractivity contribution in [3.05, 3.63) is 0 Å². The van der Waals surface area contributed by atoms with Gasteiger partial charge < -0.3 is 1.43 Å². The van der Waals surface area contributed by atoms with Crippen LogP contribution in [0.3, 0.4) is 0 Å². The van der Waals surface area contributed by atoms with Crippen LogP contribution in [-0.2, 0) is 0 Å². The van der Waals surface area contributed by atoms with Crippen molar-refractivity contribution in [3.63, 3.8) is 0 Å². The van der Waals surface area contributed by atoms with Gasteiger partial charge in [-0.3, -0.25) is 4.99 Å². The van der Waals surface area contributed by atoms with E-state index in [0.717, 1.165) is 6.54 Å². The van der Waals surface area contributed by atoms with Crippen molar-refractivity contribution < 1.29 is 20.3 Å². The summed E-state index contributed by atoms with van der Waals surface area (Å²) >= 11 is 0. The van der Waals surface area contributed by atoms with Crippen LogP contribution in [0.25, 0.3) is 0 Å². The van der Waals surface area contributed by atoms with E-state index in [1.165, 1.54) is 0 Å². The maximum absolute atomic E-state index is 3.74. The molecule has 6 heavy (non-hydrogen) atoms. The van der Waals surface area contributed by atoms with Gasteiger partial charge in [-0.2, -0.15) is 0 Å². The second kappa shape index (κ2) is 3.14. The van der Waals surface area contributed by atoms with E-state index in [1.807, 2.05) is 0 Å². The molecule has 0 aromatic carbocycles. The Hall–Kier alpha value is -0.0626. The van der Waals surface area contributed by atoms with Crippen molar-refractivity contribution in [2.24, 2.45) is 9.98 Å². The van der Waals surface area contributed by atoms with E-state index in [4.69, 9.17) is 0 Å². The summed E-state index contributed by atoms with van der Waals surface area (Å²) in [6.45, 7) is 0.778. The largest absolute Gasteiger partial charge is 1.00 e. The van der Waals surface area contributed by atoms with Crippen LogP contribution in [0.15, 0.2) is 9.98 Å². The Morgan fingerprint density at radius 2 is 2.50 bits per heavy atom. The molecule has 0 spiro atoms. The first-order valence-electron chi connectivity index (χ1n) is 1.50. The molecule has 0 atom stereocenters. The van der Waals surface area contributed by atoms with Gasteiger partial charge in [0.1, 0.15) is 6.34 Å². The smallest absolute Gasteiger partial charge is 1.00 e. The normalized spacial score (nSPS) is 14.7. The Balaban J connectivity index is 0. The Morgan fingerprint density at radius 1 is 1.67 bits per heavy atom. The fourth-order valence-corrected chi connectivity index (χ4v) is 0.236. The summed E-state index contributed by atoms with van der Waals surface area (Å²) in [5.41, 5.74) is 0. The second-order valence-corrected chi connectivity index (χ2v) is 0.812. The molecule has 0 unspecified atom stereocenters. The quantitative estimate of drug-likeness (QED) is 0.279. The molecule has 0 aromatic rings. The summed E-state index contributed by atoms with van der Waals surface area (Å²) in [4.78, 5) is 7.40. The van der Waals surface area contributed by atoms with Crippen LogP contribution in [-0.4, -0.2) is 19.1 Å². The monoisotopic (exact) mass is 76.1 g/mol. The minimum atomic E-state index is 0. The number of aliphatic imine (C=N–C) groups is 2. The molecule has 3 heteroatoms. The first-order valence-corrected chi connectivity index (χ1v) is 1.50. The predicted molar refractivity (Wildman–Crippen MR) is 23.0 cm³/mol. The SMILES string of the molecule is C1=NC=NC1.[H-].[Li+]. The molecule has 1 heterocycles. The molecule has 0 N–H and O–H groups in total. The number of nitrogens with zero attached hydrogens (tertiary/aromatic N) is 2. The Kier molecular flexibility index (Phi) is 3.11. The molecule has 0 amide bonds. The minimum absolute atomic E-state index is 0. The predicted octanol–water partition coefficient (Wildman–Crippen LogP) is -2.78. The van der Waals surface area contributed by atoms with Gasteiger partial charge in [-0.15, -0.1) is 0 Å². The molecule has 0 saturated carbocycles. The summed E-state index contributed by atoms with van der Waals surface area (Å²) in [7, 11) is 0. The van der Waals surface area contributed by atoms with Crippen LogP contribution in [0.1, 0.15) is 1.43 Å². The topological polar surface area (TPSA) is 24.7 Å². The summed E-state index contributed by atoms with van der Waals surface area (Å²) in [6.07, 6.45) is 3.32. The van der Waals surface area contributed by atoms with Gasteiger partial charge in [-0.05, 0) is 0 Å². The third kappa shape index (κ3) is 1.39. The zero-order chi connectivity index (χ0) is 3.54. The molecule has 1 aliphatic rings. The zero-order valence-corrected chi connectivity index (χ0v) is 3.76. The van der Waals surface area contributed by atoms with Crippen LogP contribution in [0.2, 0.25) is 0 Å². The van der Waals surface area contributed by atoms with Crippen molar-refractivity contribution in [3.8, 4) is 0 Å². The molecule has 1 aliphatic heterocycles. The fraction of sp³-hybridized carbons (Fsp3) is 0.333. The van der Waals surface area contributed by atoms with E-state index in [1.54, 1.807) is 12.6 Å². The maximum Gasteiger partial charge on any atom is 1.00 e. The van der Waals surface area contributed by atoms with Crippen molar-refractivity contribution >= 4 is 12.6 Å². The Morgan fingerprint density at radius 3 is 2.67 bits per heavy atom. The molecule has 2 nitrogen and oxygen atoms in total. The first kappa shape index (κ1) is 5.94. The maximum atomic E-state index is 3.74. The molecule has 0 aromatic heterocycles. The molecule has 0 saturated heterocycles. The Labute approximate surface area is 50.0 Å². The standard InChI is InChI=1S/C3H4N2.Li.H/c1-2-5-3-4-1;;/h1,3H,2H2;;/q;+1;-1. The van der Waals surface area contributed by atoms with Gasteiger partial charge in [0.25, 0.3) is 0 Å². The third-order valence-corrected chi connectivity index (χ3v) is 0.441. The zero-order valence-electron chi connectivity index (χ0n) is 4.76. The van der Waals surface area contributed by atoms with Crippen LogP contribution in [0, 0.1) is 0 Å². The van der Waals surface area contributed by atoms with Gasteiger partial charge >= 0.3 is 18.9 Å². The van der Waals surface area contributed by atoms with E-state index in [2.05, 4.69) is 9.98 Å². The molecule has 0 aliphatic carbocycles. The summed E-state index contributed by atoms with van der Waals surface area (Å²) < 4.78 is 0. The van der Waals surface area contributed by atoms with E-state index in [0.29, 0.717) is 0 Å². The van der Waals surface area contributed by atoms with Crippen molar-refractivity contribution in [2.75, 3.05) is 6.54 Å². The van der Waals surface area contributed by atoms with Gasteiger partial charge in [0.2, 0.25) is 0 Å². The van der Waals surface area contributed by atoms with Crippen LogP contribution < -0.4 is 18.9 Å². The average Bonchev–Trinajstić information content (AvgIpc) is 1.76. The average molecular weight is 76.0 g/mol.